The lowest BCUT2D eigenvalue weighted by Crippen LogP contribution is -2.42. The van der Waals surface area contributed by atoms with Crippen molar-refractivity contribution in [2.45, 2.75) is 25.3 Å². The van der Waals surface area contributed by atoms with Crippen LogP contribution in [0, 0.1) is 17.6 Å². The molecule has 0 radical (unpaired) electrons. The minimum atomic E-state index is -0.829. The Labute approximate surface area is 163 Å². The van der Waals surface area contributed by atoms with E-state index in [1.807, 2.05) is 29.1 Å². The molecule has 1 N–H and O–H groups in total. The summed E-state index contributed by atoms with van der Waals surface area (Å²) in [5.74, 6) is -1.35. The summed E-state index contributed by atoms with van der Waals surface area (Å²) in [5.41, 5.74) is 1.86. The Morgan fingerprint density at radius 1 is 1.18 bits per heavy atom. The summed E-state index contributed by atoms with van der Waals surface area (Å²) < 4.78 is 28.7. The van der Waals surface area contributed by atoms with E-state index < -0.39 is 11.6 Å². The van der Waals surface area contributed by atoms with Gasteiger partial charge in [-0.1, -0.05) is 0 Å². The van der Waals surface area contributed by atoms with Crippen molar-refractivity contribution in [3.05, 3.63) is 53.9 Å². The predicted molar refractivity (Wildman–Crippen MR) is 104 cm³/mol. The zero-order valence-electron chi connectivity index (χ0n) is 16.1. The average Bonchev–Trinajstić information content (AvgIpc) is 3.42. The van der Waals surface area contributed by atoms with Crippen molar-refractivity contribution < 1.29 is 13.6 Å². The number of nitrogens with one attached hydrogen (secondary N) is 1. The monoisotopic (exact) mass is 388 g/mol. The van der Waals surface area contributed by atoms with Crippen molar-refractivity contribution >= 4 is 11.7 Å². The van der Waals surface area contributed by atoms with Gasteiger partial charge in [0.15, 0.2) is 11.6 Å². The molecule has 150 valence electrons. The number of hydrogen-bond donors (Lipinski definition) is 1. The third kappa shape index (κ3) is 3.70. The van der Waals surface area contributed by atoms with E-state index in [1.54, 1.807) is 6.07 Å². The topological polar surface area (TPSA) is 40.5 Å². The van der Waals surface area contributed by atoms with Gasteiger partial charge in [0.1, 0.15) is 0 Å². The Morgan fingerprint density at radius 2 is 2.04 bits per heavy atom. The number of aromatic nitrogens is 1. The summed E-state index contributed by atoms with van der Waals surface area (Å²) in [4.78, 5) is 16.7. The van der Waals surface area contributed by atoms with Crippen LogP contribution in [0.25, 0.3) is 0 Å². The first-order valence-electron chi connectivity index (χ1n) is 9.88. The predicted octanol–water partition coefficient (Wildman–Crippen LogP) is 3.68. The number of anilines is 1. The van der Waals surface area contributed by atoms with E-state index in [1.165, 1.54) is 6.07 Å². The molecule has 0 spiro atoms. The van der Waals surface area contributed by atoms with Gasteiger partial charge >= 0.3 is 6.03 Å². The Balaban J connectivity index is 1.31. The third-order valence-electron chi connectivity index (χ3n) is 5.94. The van der Waals surface area contributed by atoms with Gasteiger partial charge in [-0.15, -0.1) is 0 Å². The number of nitrogens with zero attached hydrogens (tertiary/aromatic N) is 3. The number of halogens is 2. The molecule has 28 heavy (non-hydrogen) atoms. The molecule has 1 aromatic heterocycles. The standard InChI is InChI=1S/C21H26F2N4O/c1-25-9-2-4-19(25)20-5-3-10-27(20)21(28)24-13-15-8-11-26(14-15)16-6-7-17(22)18(23)12-16/h2,4,6-7,9,12,15,20H,3,5,8,10-11,13-14H2,1H3,(H,24,28). The molecule has 0 saturated carbocycles. The fraction of sp³-hybridized carbons (Fsp3) is 0.476. The van der Waals surface area contributed by atoms with Gasteiger partial charge in [0.05, 0.1) is 6.04 Å². The molecule has 2 unspecified atom stereocenters. The van der Waals surface area contributed by atoms with Crippen LogP contribution in [0.15, 0.2) is 36.5 Å². The maximum Gasteiger partial charge on any atom is 0.317 e. The lowest BCUT2D eigenvalue weighted by Gasteiger charge is -2.26. The molecule has 4 rings (SSSR count). The number of rotatable bonds is 4. The second-order valence-corrected chi connectivity index (χ2v) is 7.78. The van der Waals surface area contributed by atoms with Crippen LogP contribution in [0.3, 0.4) is 0 Å². The van der Waals surface area contributed by atoms with E-state index in [2.05, 4.69) is 16.0 Å². The maximum absolute atomic E-state index is 13.5. The van der Waals surface area contributed by atoms with Crippen LogP contribution < -0.4 is 10.2 Å². The van der Waals surface area contributed by atoms with Crippen LogP contribution in [-0.2, 0) is 7.05 Å². The summed E-state index contributed by atoms with van der Waals surface area (Å²) in [6.45, 7) is 2.87. The molecule has 2 atom stereocenters. The molecule has 2 saturated heterocycles. The highest BCUT2D eigenvalue weighted by Crippen LogP contribution is 2.32. The Hall–Kier alpha value is -2.57. The van der Waals surface area contributed by atoms with Crippen LogP contribution >= 0.6 is 0 Å². The minimum Gasteiger partial charge on any atom is -0.371 e. The van der Waals surface area contributed by atoms with E-state index in [-0.39, 0.29) is 12.1 Å². The molecule has 1 aromatic carbocycles. The van der Waals surface area contributed by atoms with E-state index in [4.69, 9.17) is 0 Å². The first kappa shape index (κ1) is 18.8. The molecule has 2 aliphatic rings. The lowest BCUT2D eigenvalue weighted by molar-refractivity contribution is 0.190. The first-order valence-corrected chi connectivity index (χ1v) is 9.88. The average molecular weight is 388 g/mol. The third-order valence-corrected chi connectivity index (χ3v) is 5.94. The highest BCUT2D eigenvalue weighted by Gasteiger charge is 2.32. The maximum atomic E-state index is 13.5. The number of urea groups is 1. The van der Waals surface area contributed by atoms with Crippen LogP contribution in [0.4, 0.5) is 19.3 Å². The summed E-state index contributed by atoms with van der Waals surface area (Å²) in [6.07, 6.45) is 4.92. The van der Waals surface area contributed by atoms with Crippen molar-refractivity contribution in [3.8, 4) is 0 Å². The van der Waals surface area contributed by atoms with Gasteiger partial charge in [0.25, 0.3) is 0 Å². The van der Waals surface area contributed by atoms with Crippen molar-refractivity contribution in [3.63, 3.8) is 0 Å². The number of likely N-dealkylation sites (tertiary alicyclic amines) is 1. The molecular weight excluding hydrogens is 362 g/mol. The molecule has 0 bridgehead atoms. The van der Waals surface area contributed by atoms with Crippen molar-refractivity contribution in [1.82, 2.24) is 14.8 Å². The zero-order valence-corrected chi connectivity index (χ0v) is 16.1. The zero-order chi connectivity index (χ0) is 19.7. The number of hydrogen-bond acceptors (Lipinski definition) is 2. The van der Waals surface area contributed by atoms with Crippen LogP contribution in [0.5, 0.6) is 0 Å². The molecule has 2 fully saturated rings. The quantitative estimate of drug-likeness (QED) is 0.868. The Kier molecular flexibility index (Phi) is 5.24. The molecule has 2 amide bonds. The highest BCUT2D eigenvalue weighted by molar-refractivity contribution is 5.75. The van der Waals surface area contributed by atoms with Gasteiger partial charge in [-0.2, -0.15) is 0 Å². The fourth-order valence-corrected chi connectivity index (χ4v) is 4.39. The van der Waals surface area contributed by atoms with Crippen LogP contribution in [0.1, 0.15) is 31.0 Å². The van der Waals surface area contributed by atoms with E-state index in [9.17, 15) is 13.6 Å². The van der Waals surface area contributed by atoms with Gasteiger partial charge in [-0.25, -0.2) is 13.6 Å². The normalized spacial score (nSPS) is 22.1. The number of carbonyl (C=O) groups excluding carboxylic acids is 1. The van der Waals surface area contributed by atoms with Crippen LogP contribution in [-0.4, -0.2) is 41.7 Å². The van der Waals surface area contributed by atoms with Gasteiger partial charge in [-0.05, 0) is 49.4 Å². The molecule has 3 heterocycles. The van der Waals surface area contributed by atoms with E-state index in [0.29, 0.717) is 18.2 Å². The number of aryl methyl sites for hydroxylation is 1. The smallest absolute Gasteiger partial charge is 0.317 e. The van der Waals surface area contributed by atoms with Gasteiger partial charge in [-0.3, -0.25) is 0 Å². The number of benzene rings is 1. The van der Waals surface area contributed by atoms with Gasteiger partial charge in [0, 0.05) is 56.9 Å². The number of carbonyl (C=O) groups is 1. The fourth-order valence-electron chi connectivity index (χ4n) is 4.39. The SMILES string of the molecule is Cn1cccc1C1CCCN1C(=O)NCC1CCN(c2ccc(F)c(F)c2)C1. The molecule has 2 aromatic rings. The second-order valence-electron chi connectivity index (χ2n) is 7.78. The summed E-state index contributed by atoms with van der Waals surface area (Å²) in [6, 6.07) is 8.20. The Bertz CT molecular complexity index is 853. The minimum absolute atomic E-state index is 0.0185. The van der Waals surface area contributed by atoms with Crippen molar-refractivity contribution in [1.29, 1.82) is 0 Å². The lowest BCUT2D eigenvalue weighted by atomic mass is 10.1. The molecule has 2 aliphatic heterocycles. The van der Waals surface area contributed by atoms with E-state index in [0.717, 1.165) is 50.7 Å². The number of amides is 2. The first-order chi connectivity index (χ1) is 13.5. The van der Waals surface area contributed by atoms with E-state index >= 15 is 0 Å². The highest BCUT2D eigenvalue weighted by atomic mass is 19.2. The molecule has 7 heteroatoms. The largest absolute Gasteiger partial charge is 0.371 e. The van der Waals surface area contributed by atoms with Crippen molar-refractivity contribution in [2.24, 2.45) is 13.0 Å². The molecular formula is C21H26F2N4O. The second kappa shape index (κ2) is 7.81. The van der Waals surface area contributed by atoms with Crippen LogP contribution in [0.2, 0.25) is 0 Å². The van der Waals surface area contributed by atoms with Gasteiger partial charge < -0.3 is 19.7 Å². The van der Waals surface area contributed by atoms with Crippen molar-refractivity contribution in [2.75, 3.05) is 31.1 Å². The summed E-state index contributed by atoms with van der Waals surface area (Å²) in [5, 5.41) is 3.09. The Morgan fingerprint density at radius 3 is 2.79 bits per heavy atom. The van der Waals surface area contributed by atoms with Gasteiger partial charge in [0.2, 0.25) is 0 Å². The molecule has 5 nitrogen and oxygen atoms in total. The summed E-state index contributed by atoms with van der Waals surface area (Å²) in [7, 11) is 2.01. The molecule has 0 aliphatic carbocycles. The summed E-state index contributed by atoms with van der Waals surface area (Å²) >= 11 is 0.